The number of rotatable bonds is 2. The lowest BCUT2D eigenvalue weighted by molar-refractivity contribution is -0.137. The number of carbonyl (C=O) groups excluding carboxylic acids is 1. The zero-order chi connectivity index (χ0) is 20.6. The van der Waals surface area contributed by atoms with E-state index in [1.165, 1.54) is 18.5 Å². The molecule has 2 aromatic heterocycles. The molecule has 0 spiro atoms. The Kier molecular flexibility index (Phi) is 4.73. The quantitative estimate of drug-likeness (QED) is 0.659. The summed E-state index contributed by atoms with van der Waals surface area (Å²) in [5.41, 5.74) is 2.97. The van der Waals surface area contributed by atoms with Crippen molar-refractivity contribution < 1.29 is 18.0 Å². The molecule has 1 aliphatic heterocycles. The van der Waals surface area contributed by atoms with Gasteiger partial charge in [-0.05, 0) is 42.7 Å². The second kappa shape index (κ2) is 7.23. The third-order valence-electron chi connectivity index (χ3n) is 4.91. The third kappa shape index (κ3) is 3.80. The van der Waals surface area contributed by atoms with Crippen LogP contribution in [-0.2, 0) is 6.18 Å². The largest absolute Gasteiger partial charge is 0.416 e. The van der Waals surface area contributed by atoms with Gasteiger partial charge in [-0.2, -0.15) is 13.2 Å². The number of aromatic nitrogens is 3. The fraction of sp³-hybridized carbons (Fsp3) is 0.250. The van der Waals surface area contributed by atoms with Crippen molar-refractivity contribution in [1.82, 2.24) is 19.9 Å². The molecule has 1 aliphatic rings. The lowest BCUT2D eigenvalue weighted by atomic mass is 10.0. The smallest absolute Gasteiger partial charge is 0.346 e. The van der Waals surface area contributed by atoms with E-state index in [-0.39, 0.29) is 5.69 Å². The number of halogens is 3. The summed E-state index contributed by atoms with van der Waals surface area (Å²) in [5.74, 6) is 0. The molecule has 2 N–H and O–H groups in total. The molecule has 9 heteroatoms. The monoisotopic (exact) mass is 401 g/mol. The van der Waals surface area contributed by atoms with Gasteiger partial charge in [0.15, 0.2) is 0 Å². The minimum atomic E-state index is -4.46. The highest BCUT2D eigenvalue weighted by molar-refractivity contribution is 5.92. The van der Waals surface area contributed by atoms with Crippen LogP contribution in [0, 0.1) is 6.92 Å². The topological polar surface area (TPSA) is 73.9 Å². The zero-order valence-electron chi connectivity index (χ0n) is 15.5. The van der Waals surface area contributed by atoms with Crippen LogP contribution in [0.3, 0.4) is 0 Å². The minimum absolute atomic E-state index is 0.111. The van der Waals surface area contributed by atoms with Gasteiger partial charge in [-0.1, -0.05) is 12.1 Å². The molecule has 6 nitrogen and oxygen atoms in total. The molecule has 0 saturated carbocycles. The van der Waals surface area contributed by atoms with E-state index in [0.717, 1.165) is 40.0 Å². The van der Waals surface area contributed by atoms with Crippen molar-refractivity contribution in [3.05, 3.63) is 59.7 Å². The van der Waals surface area contributed by atoms with Crippen LogP contribution in [0.25, 0.3) is 16.6 Å². The summed E-state index contributed by atoms with van der Waals surface area (Å²) in [4.78, 5) is 25.8. The summed E-state index contributed by atoms with van der Waals surface area (Å²) >= 11 is 0. The Bertz CT molecular complexity index is 1100. The van der Waals surface area contributed by atoms with E-state index >= 15 is 0 Å². The van der Waals surface area contributed by atoms with Gasteiger partial charge in [-0.15, -0.1) is 0 Å². The first-order valence-electron chi connectivity index (χ1n) is 9.04. The molecule has 0 aliphatic carbocycles. The normalized spacial score (nSPS) is 14.8. The number of fused-ring (bicyclic) bond motifs is 1. The molecule has 3 aromatic rings. The number of hydrogen-bond acceptors (Lipinski definition) is 3. The number of H-pyrrole nitrogens is 1. The number of benzene rings is 1. The lowest BCUT2D eigenvalue weighted by Crippen LogP contribution is -2.38. The molecule has 4 rings (SSSR count). The first-order valence-corrected chi connectivity index (χ1v) is 9.04. The minimum Gasteiger partial charge on any atom is -0.346 e. The van der Waals surface area contributed by atoms with Gasteiger partial charge in [0.05, 0.1) is 11.3 Å². The Hall–Kier alpha value is -3.36. The Balaban J connectivity index is 1.48. The molecular weight excluding hydrogens is 383 g/mol. The van der Waals surface area contributed by atoms with Gasteiger partial charge in [-0.25, -0.2) is 14.8 Å². The summed E-state index contributed by atoms with van der Waals surface area (Å²) in [6, 6.07) is 4.16. The van der Waals surface area contributed by atoms with Crippen molar-refractivity contribution in [2.24, 2.45) is 0 Å². The van der Waals surface area contributed by atoms with Crippen molar-refractivity contribution in [3.63, 3.8) is 0 Å². The fourth-order valence-corrected chi connectivity index (χ4v) is 3.41. The van der Waals surface area contributed by atoms with E-state index in [9.17, 15) is 18.0 Å². The van der Waals surface area contributed by atoms with E-state index in [0.29, 0.717) is 19.5 Å². The molecule has 3 heterocycles. The van der Waals surface area contributed by atoms with E-state index in [1.54, 1.807) is 4.90 Å². The molecule has 0 bridgehead atoms. The number of hydrogen-bond donors (Lipinski definition) is 2. The van der Waals surface area contributed by atoms with Gasteiger partial charge in [0.25, 0.3) is 0 Å². The first-order chi connectivity index (χ1) is 13.8. The molecule has 150 valence electrons. The summed E-state index contributed by atoms with van der Waals surface area (Å²) in [5, 5.41) is 3.50. The van der Waals surface area contributed by atoms with E-state index < -0.39 is 17.8 Å². The summed E-state index contributed by atoms with van der Waals surface area (Å²) in [7, 11) is 0. The highest BCUT2D eigenvalue weighted by atomic mass is 19.4. The summed E-state index contributed by atoms with van der Waals surface area (Å²) < 4.78 is 38.5. The second-order valence-electron chi connectivity index (χ2n) is 6.85. The maximum Gasteiger partial charge on any atom is 0.416 e. The van der Waals surface area contributed by atoms with E-state index in [2.05, 4.69) is 20.3 Å². The molecule has 0 atom stereocenters. The van der Waals surface area contributed by atoms with Crippen LogP contribution < -0.4 is 5.32 Å². The molecule has 1 aromatic carbocycles. The lowest BCUT2D eigenvalue weighted by Gasteiger charge is -2.27. The van der Waals surface area contributed by atoms with Crippen LogP contribution in [0.4, 0.5) is 23.7 Å². The molecule has 0 fully saturated rings. The van der Waals surface area contributed by atoms with Crippen molar-refractivity contribution in [3.8, 4) is 0 Å². The Morgan fingerprint density at radius 3 is 2.83 bits per heavy atom. The standard InChI is InChI=1S/C20H18F3N5O/c1-12-10-24-18-16(12)17(25-11-26-18)13-5-7-28(8-6-13)19(29)27-15-4-2-3-14(9-15)20(21,22)23/h2-5,9-11H,6-8H2,1H3,(H,27,29)(H,24,25,26). The van der Waals surface area contributed by atoms with Crippen LogP contribution in [0.2, 0.25) is 0 Å². The van der Waals surface area contributed by atoms with Gasteiger partial charge in [0.2, 0.25) is 0 Å². The predicted molar refractivity (Wildman–Crippen MR) is 103 cm³/mol. The SMILES string of the molecule is Cc1c[nH]c2ncnc(C3=CCN(C(=O)Nc4cccc(C(F)(F)F)c4)CC3)c12. The molecule has 0 saturated heterocycles. The maximum atomic E-state index is 12.8. The predicted octanol–water partition coefficient (Wildman–Crippen LogP) is 4.61. The number of anilines is 1. The average molecular weight is 401 g/mol. The van der Waals surface area contributed by atoms with Crippen molar-refractivity contribution in [2.45, 2.75) is 19.5 Å². The number of aromatic amines is 1. The highest BCUT2D eigenvalue weighted by Gasteiger charge is 2.30. The van der Waals surface area contributed by atoms with Crippen LogP contribution in [-0.4, -0.2) is 39.0 Å². The number of nitrogens with one attached hydrogen (secondary N) is 2. The Morgan fingerprint density at radius 1 is 1.28 bits per heavy atom. The van der Waals surface area contributed by atoms with Gasteiger partial charge in [-0.3, -0.25) is 0 Å². The van der Waals surface area contributed by atoms with Crippen molar-refractivity contribution >= 4 is 28.3 Å². The van der Waals surface area contributed by atoms with E-state index in [4.69, 9.17) is 0 Å². The molecule has 0 radical (unpaired) electrons. The number of aryl methyl sites for hydroxylation is 1. The highest BCUT2D eigenvalue weighted by Crippen LogP contribution is 2.31. The van der Waals surface area contributed by atoms with Gasteiger partial charge >= 0.3 is 12.2 Å². The van der Waals surface area contributed by atoms with Crippen molar-refractivity contribution in [1.29, 1.82) is 0 Å². The first kappa shape index (κ1) is 19.0. The molecule has 0 unspecified atom stereocenters. The summed E-state index contributed by atoms with van der Waals surface area (Å²) in [6.07, 6.45) is 1.43. The number of amides is 2. The van der Waals surface area contributed by atoms with Crippen LogP contribution in [0.1, 0.15) is 23.2 Å². The van der Waals surface area contributed by atoms with Crippen molar-refractivity contribution in [2.75, 3.05) is 18.4 Å². The maximum absolute atomic E-state index is 12.8. The molecular formula is C20H18F3N5O. The second-order valence-corrected chi connectivity index (χ2v) is 6.85. The number of carbonyl (C=O) groups is 1. The average Bonchev–Trinajstić information content (AvgIpc) is 3.09. The number of alkyl halides is 3. The van der Waals surface area contributed by atoms with Crippen LogP contribution >= 0.6 is 0 Å². The van der Waals surface area contributed by atoms with Gasteiger partial charge < -0.3 is 15.2 Å². The Labute approximate surface area is 164 Å². The third-order valence-corrected chi connectivity index (χ3v) is 4.91. The number of nitrogens with zero attached hydrogens (tertiary/aromatic N) is 3. The van der Waals surface area contributed by atoms with Gasteiger partial charge in [0, 0.05) is 30.4 Å². The zero-order valence-corrected chi connectivity index (χ0v) is 15.5. The molecule has 2 amide bonds. The van der Waals surface area contributed by atoms with Gasteiger partial charge in [0.1, 0.15) is 12.0 Å². The van der Waals surface area contributed by atoms with Crippen LogP contribution in [0.5, 0.6) is 0 Å². The number of urea groups is 1. The van der Waals surface area contributed by atoms with E-state index in [1.807, 2.05) is 19.2 Å². The fourth-order valence-electron chi connectivity index (χ4n) is 3.41. The van der Waals surface area contributed by atoms with Crippen LogP contribution in [0.15, 0.2) is 42.9 Å². The summed E-state index contributed by atoms with van der Waals surface area (Å²) in [6.45, 7) is 2.75. The molecule has 29 heavy (non-hydrogen) atoms. The Morgan fingerprint density at radius 2 is 2.10 bits per heavy atom.